The van der Waals surface area contributed by atoms with Crippen molar-refractivity contribution in [3.63, 3.8) is 0 Å². The van der Waals surface area contributed by atoms with Gasteiger partial charge in [-0.1, -0.05) is 13.0 Å². The summed E-state index contributed by atoms with van der Waals surface area (Å²) in [7, 11) is 0. The molecule has 25 heavy (non-hydrogen) atoms. The van der Waals surface area contributed by atoms with Crippen molar-refractivity contribution in [2.45, 2.75) is 25.8 Å². The van der Waals surface area contributed by atoms with Crippen LogP contribution >= 0.6 is 0 Å². The fourth-order valence-electron chi connectivity index (χ4n) is 3.66. The number of ether oxygens (including phenoxy) is 2. The van der Waals surface area contributed by atoms with Gasteiger partial charge in [-0.05, 0) is 29.8 Å². The van der Waals surface area contributed by atoms with Gasteiger partial charge in [0.2, 0.25) is 6.79 Å². The normalized spacial score (nSPS) is 22.4. The van der Waals surface area contributed by atoms with E-state index in [1.807, 2.05) is 30.3 Å². The largest absolute Gasteiger partial charge is 0.481 e. The van der Waals surface area contributed by atoms with Crippen LogP contribution < -0.4 is 9.47 Å². The first-order valence-electron chi connectivity index (χ1n) is 8.56. The molecule has 2 aliphatic rings. The zero-order chi connectivity index (χ0) is 17.4. The molecule has 1 saturated heterocycles. The summed E-state index contributed by atoms with van der Waals surface area (Å²) in [5.74, 6) is 1.96. The molecule has 1 aromatic heterocycles. The Morgan fingerprint density at radius 3 is 2.72 bits per heavy atom. The number of carbonyl (C=O) groups is 1. The second kappa shape index (κ2) is 6.44. The average molecular weight is 343 g/mol. The smallest absolute Gasteiger partial charge is 0.308 e. The second-order valence-electron chi connectivity index (χ2n) is 6.58. The Morgan fingerprint density at radius 1 is 1.16 bits per heavy atom. The maximum Gasteiger partial charge on any atom is 0.308 e. The number of hydrogen-bond donors (Lipinski definition) is 1. The Bertz CT molecular complexity index is 784. The van der Waals surface area contributed by atoms with E-state index >= 15 is 0 Å². The average Bonchev–Trinajstić information content (AvgIpc) is 3.33. The molecule has 6 heteroatoms. The number of aryl methyl sites for hydroxylation is 1. The number of nitrogens with zero attached hydrogens (tertiary/aromatic N) is 1. The van der Waals surface area contributed by atoms with Crippen molar-refractivity contribution in [2.75, 3.05) is 19.9 Å². The Kier molecular flexibility index (Phi) is 4.13. The zero-order valence-electron chi connectivity index (χ0n) is 14.1. The Balaban J connectivity index is 1.53. The monoisotopic (exact) mass is 343 g/mol. The predicted molar refractivity (Wildman–Crippen MR) is 89.8 cm³/mol. The van der Waals surface area contributed by atoms with E-state index in [4.69, 9.17) is 13.9 Å². The Morgan fingerprint density at radius 2 is 1.96 bits per heavy atom. The molecular formula is C19H21NO5. The Labute approximate surface area is 145 Å². The predicted octanol–water partition coefficient (Wildman–Crippen LogP) is 2.87. The van der Waals surface area contributed by atoms with Gasteiger partial charge in [-0.2, -0.15) is 0 Å². The fourth-order valence-corrected chi connectivity index (χ4v) is 3.66. The van der Waals surface area contributed by atoms with Crippen LogP contribution in [0.15, 0.2) is 34.7 Å². The quantitative estimate of drug-likeness (QED) is 0.900. The summed E-state index contributed by atoms with van der Waals surface area (Å²) in [6, 6.07) is 9.67. The van der Waals surface area contributed by atoms with Gasteiger partial charge in [-0.3, -0.25) is 9.69 Å². The third kappa shape index (κ3) is 3.09. The third-order valence-corrected chi connectivity index (χ3v) is 4.98. The molecule has 1 N–H and O–H groups in total. The number of likely N-dealkylation sites (tertiary alicyclic amines) is 1. The molecule has 1 aromatic carbocycles. The molecule has 0 bridgehead atoms. The van der Waals surface area contributed by atoms with E-state index in [-0.39, 0.29) is 12.7 Å². The maximum atomic E-state index is 11.8. The summed E-state index contributed by atoms with van der Waals surface area (Å²) in [5, 5.41) is 9.66. The highest BCUT2D eigenvalue weighted by Gasteiger charge is 2.39. The first kappa shape index (κ1) is 16.0. The van der Waals surface area contributed by atoms with Crippen LogP contribution in [0.25, 0.3) is 0 Å². The molecule has 132 valence electrons. The number of fused-ring (bicyclic) bond motifs is 1. The summed E-state index contributed by atoms with van der Waals surface area (Å²) in [6.07, 6.45) is 0.859. The molecule has 0 spiro atoms. The highest BCUT2D eigenvalue weighted by Crippen LogP contribution is 2.39. The molecule has 2 atom stereocenters. The van der Waals surface area contributed by atoms with E-state index in [1.165, 1.54) is 0 Å². The Hall–Kier alpha value is -2.47. The number of benzene rings is 1. The SMILES string of the molecule is CCc1ccc(CN2C[C@@H](C(=O)O)[C@H](c3ccc4c(c3)OCO4)C2)o1. The molecule has 1 fully saturated rings. The summed E-state index contributed by atoms with van der Waals surface area (Å²) in [6.45, 7) is 4.09. The summed E-state index contributed by atoms with van der Waals surface area (Å²) in [5.41, 5.74) is 0.979. The van der Waals surface area contributed by atoms with Crippen LogP contribution in [-0.2, 0) is 17.8 Å². The number of carboxylic acid groups (broad SMARTS) is 1. The molecule has 2 aliphatic heterocycles. The topological polar surface area (TPSA) is 72.1 Å². The van der Waals surface area contributed by atoms with E-state index < -0.39 is 11.9 Å². The van der Waals surface area contributed by atoms with Gasteiger partial charge in [-0.25, -0.2) is 0 Å². The first-order valence-corrected chi connectivity index (χ1v) is 8.56. The van der Waals surface area contributed by atoms with Crippen molar-refractivity contribution in [1.29, 1.82) is 0 Å². The lowest BCUT2D eigenvalue weighted by molar-refractivity contribution is -0.141. The van der Waals surface area contributed by atoms with Crippen molar-refractivity contribution in [1.82, 2.24) is 4.90 Å². The number of furan rings is 1. The summed E-state index contributed by atoms with van der Waals surface area (Å²) in [4.78, 5) is 13.9. The van der Waals surface area contributed by atoms with Crippen molar-refractivity contribution in [2.24, 2.45) is 5.92 Å². The van der Waals surface area contributed by atoms with Gasteiger partial charge < -0.3 is 19.0 Å². The molecule has 4 rings (SSSR count). The van der Waals surface area contributed by atoms with E-state index in [0.29, 0.717) is 31.1 Å². The van der Waals surface area contributed by atoms with Gasteiger partial charge in [-0.15, -0.1) is 0 Å². The standard InChI is InChI=1S/C19H21NO5/c1-2-13-4-5-14(25-13)8-20-9-15(16(10-20)19(21)22)12-3-6-17-18(7-12)24-11-23-17/h3-7,15-16H,2,8-11H2,1H3,(H,21,22)/t15-,16+/m0/s1. The second-order valence-corrected chi connectivity index (χ2v) is 6.58. The molecule has 6 nitrogen and oxygen atoms in total. The van der Waals surface area contributed by atoms with E-state index in [2.05, 4.69) is 11.8 Å². The maximum absolute atomic E-state index is 11.8. The van der Waals surface area contributed by atoms with Crippen molar-refractivity contribution in [3.05, 3.63) is 47.4 Å². The fraction of sp³-hybridized carbons (Fsp3) is 0.421. The summed E-state index contributed by atoms with van der Waals surface area (Å²) < 4.78 is 16.5. The summed E-state index contributed by atoms with van der Waals surface area (Å²) >= 11 is 0. The van der Waals surface area contributed by atoms with Crippen LogP contribution in [0, 0.1) is 5.92 Å². The van der Waals surface area contributed by atoms with Gasteiger partial charge in [0, 0.05) is 25.4 Å². The minimum absolute atomic E-state index is 0.0763. The van der Waals surface area contributed by atoms with Crippen LogP contribution in [0.2, 0.25) is 0 Å². The van der Waals surface area contributed by atoms with Crippen LogP contribution in [0.5, 0.6) is 11.5 Å². The number of aliphatic carboxylic acids is 1. The first-order chi connectivity index (χ1) is 12.1. The molecule has 3 heterocycles. The van der Waals surface area contributed by atoms with Crippen molar-refractivity contribution in [3.8, 4) is 11.5 Å². The van der Waals surface area contributed by atoms with Gasteiger partial charge >= 0.3 is 5.97 Å². The molecule has 0 unspecified atom stereocenters. The van der Waals surface area contributed by atoms with Crippen molar-refractivity contribution >= 4 is 5.97 Å². The zero-order valence-corrected chi connectivity index (χ0v) is 14.1. The molecule has 0 aliphatic carbocycles. The van der Waals surface area contributed by atoms with Crippen LogP contribution in [0.4, 0.5) is 0 Å². The number of hydrogen-bond acceptors (Lipinski definition) is 5. The lowest BCUT2D eigenvalue weighted by Crippen LogP contribution is -2.23. The number of rotatable bonds is 5. The third-order valence-electron chi connectivity index (χ3n) is 4.98. The molecule has 0 amide bonds. The lowest BCUT2D eigenvalue weighted by Gasteiger charge is -2.16. The minimum Gasteiger partial charge on any atom is -0.481 e. The van der Waals surface area contributed by atoms with Gasteiger partial charge in [0.1, 0.15) is 11.5 Å². The lowest BCUT2D eigenvalue weighted by atomic mass is 9.89. The highest BCUT2D eigenvalue weighted by atomic mass is 16.7. The van der Waals surface area contributed by atoms with Crippen molar-refractivity contribution < 1.29 is 23.8 Å². The van der Waals surface area contributed by atoms with Gasteiger partial charge in [0.25, 0.3) is 0 Å². The van der Waals surface area contributed by atoms with E-state index in [1.54, 1.807) is 0 Å². The molecule has 0 radical (unpaired) electrons. The highest BCUT2D eigenvalue weighted by molar-refractivity contribution is 5.72. The van der Waals surface area contributed by atoms with Gasteiger partial charge in [0.15, 0.2) is 11.5 Å². The van der Waals surface area contributed by atoms with E-state index in [9.17, 15) is 9.90 Å². The minimum atomic E-state index is -0.765. The van der Waals surface area contributed by atoms with Crippen LogP contribution in [0.1, 0.15) is 29.9 Å². The molecule has 2 aromatic rings. The molecular weight excluding hydrogens is 322 g/mol. The van der Waals surface area contributed by atoms with Gasteiger partial charge in [0.05, 0.1) is 12.5 Å². The van der Waals surface area contributed by atoms with Crippen LogP contribution in [-0.4, -0.2) is 35.9 Å². The molecule has 0 saturated carbocycles. The number of carboxylic acids is 1. The van der Waals surface area contributed by atoms with Crippen LogP contribution in [0.3, 0.4) is 0 Å². The van der Waals surface area contributed by atoms with E-state index in [0.717, 1.165) is 23.5 Å².